The molecule has 0 aliphatic rings. The van der Waals surface area contributed by atoms with Gasteiger partial charge < -0.3 is 14.3 Å². The van der Waals surface area contributed by atoms with Gasteiger partial charge >= 0.3 is 5.97 Å². The molecule has 1 aromatic heterocycles. The smallest absolute Gasteiger partial charge is 0.341 e. The minimum Gasteiger partial charge on any atom is -0.465 e. The number of carbonyl (C=O) groups is 1. The minimum atomic E-state index is -0.380. The largest absolute Gasteiger partial charge is 0.465 e. The van der Waals surface area contributed by atoms with Crippen LogP contribution in [0.1, 0.15) is 35.2 Å². The molecule has 1 N–H and O–H groups in total. The molecule has 18 heavy (non-hydrogen) atoms. The molecule has 5 nitrogen and oxygen atoms in total. The molecule has 0 amide bonds. The highest BCUT2D eigenvalue weighted by atomic mass is 16.5. The Hall–Kier alpha value is -1.33. The number of aliphatic hydroxyl groups excluding tert-OH is 1. The van der Waals surface area contributed by atoms with E-state index >= 15 is 0 Å². The van der Waals surface area contributed by atoms with Crippen molar-refractivity contribution in [3.8, 4) is 0 Å². The Kier molecular flexibility index (Phi) is 5.37. The molecule has 0 radical (unpaired) electrons. The summed E-state index contributed by atoms with van der Waals surface area (Å²) in [5.74, 6) is 0.913. The summed E-state index contributed by atoms with van der Waals surface area (Å²) >= 11 is 0. The summed E-state index contributed by atoms with van der Waals surface area (Å²) in [5, 5.41) is 9.21. The van der Waals surface area contributed by atoms with Gasteiger partial charge in [-0.15, -0.1) is 0 Å². The van der Waals surface area contributed by atoms with Crippen molar-refractivity contribution in [3.05, 3.63) is 23.2 Å². The molecule has 5 heteroatoms. The first-order valence-corrected chi connectivity index (χ1v) is 5.98. The van der Waals surface area contributed by atoms with Gasteiger partial charge in [0.2, 0.25) is 0 Å². The summed E-state index contributed by atoms with van der Waals surface area (Å²) in [6, 6.07) is 1.71. The van der Waals surface area contributed by atoms with Crippen LogP contribution in [0.4, 0.5) is 0 Å². The molecule has 1 atom stereocenters. The molecule has 0 aliphatic carbocycles. The Balaban J connectivity index is 2.60. The Morgan fingerprint density at radius 2 is 2.28 bits per heavy atom. The van der Waals surface area contributed by atoms with E-state index in [2.05, 4.69) is 4.74 Å². The molecule has 0 fully saturated rings. The molecule has 0 aliphatic heterocycles. The Labute approximate surface area is 107 Å². The van der Waals surface area contributed by atoms with E-state index in [1.54, 1.807) is 19.9 Å². The van der Waals surface area contributed by atoms with Gasteiger partial charge in [0, 0.05) is 6.54 Å². The zero-order valence-electron chi connectivity index (χ0n) is 11.4. The molecule has 1 rings (SSSR count). The predicted octanol–water partition coefficient (Wildman–Crippen LogP) is 1.58. The Morgan fingerprint density at radius 3 is 2.83 bits per heavy atom. The van der Waals surface area contributed by atoms with Crippen molar-refractivity contribution in [2.75, 3.05) is 20.7 Å². The summed E-state index contributed by atoms with van der Waals surface area (Å²) in [6.45, 7) is 4.88. The van der Waals surface area contributed by atoms with Crippen LogP contribution < -0.4 is 0 Å². The number of ether oxygens (including phenoxy) is 1. The van der Waals surface area contributed by atoms with Crippen molar-refractivity contribution in [2.24, 2.45) is 0 Å². The second kappa shape index (κ2) is 6.56. The lowest BCUT2D eigenvalue weighted by molar-refractivity contribution is 0.0599. The summed E-state index contributed by atoms with van der Waals surface area (Å²) < 4.78 is 10.2. The third-order valence-corrected chi connectivity index (χ3v) is 2.73. The standard InChI is InChI=1S/C13H21NO4/c1-9(15)5-6-14(3)8-11-7-12(10(2)18-11)13(16)17-4/h7,9,15H,5-6,8H2,1-4H3. The average Bonchev–Trinajstić information content (AvgIpc) is 2.66. The third-order valence-electron chi connectivity index (χ3n) is 2.73. The number of nitrogens with zero attached hydrogens (tertiary/aromatic N) is 1. The zero-order valence-corrected chi connectivity index (χ0v) is 11.4. The number of rotatable bonds is 6. The van der Waals surface area contributed by atoms with E-state index in [1.165, 1.54) is 7.11 Å². The number of hydrogen-bond acceptors (Lipinski definition) is 5. The summed E-state index contributed by atoms with van der Waals surface area (Å²) in [7, 11) is 3.29. The van der Waals surface area contributed by atoms with Crippen LogP contribution in [-0.2, 0) is 11.3 Å². The van der Waals surface area contributed by atoms with E-state index in [0.29, 0.717) is 24.3 Å². The Bertz CT molecular complexity index is 398. The van der Waals surface area contributed by atoms with Gasteiger partial charge in [-0.25, -0.2) is 4.79 Å². The SMILES string of the molecule is COC(=O)c1cc(CN(C)CCC(C)O)oc1C. The van der Waals surface area contributed by atoms with E-state index < -0.39 is 0 Å². The quantitative estimate of drug-likeness (QED) is 0.782. The summed E-state index contributed by atoms with van der Waals surface area (Å²) in [5.41, 5.74) is 0.469. The molecule has 0 aromatic carbocycles. The van der Waals surface area contributed by atoms with Crippen molar-refractivity contribution >= 4 is 5.97 Å². The average molecular weight is 255 g/mol. The molecule has 0 spiro atoms. The molecule has 0 bridgehead atoms. The number of hydrogen-bond donors (Lipinski definition) is 1. The molecule has 0 saturated heterocycles. The number of furan rings is 1. The van der Waals surface area contributed by atoms with E-state index in [0.717, 1.165) is 12.3 Å². The van der Waals surface area contributed by atoms with Crippen molar-refractivity contribution in [2.45, 2.75) is 32.9 Å². The molecule has 102 valence electrons. The van der Waals surface area contributed by atoms with Crippen molar-refractivity contribution in [1.29, 1.82) is 0 Å². The maximum Gasteiger partial charge on any atom is 0.341 e. The van der Waals surface area contributed by atoms with Gasteiger partial charge in [0.15, 0.2) is 0 Å². The maximum absolute atomic E-state index is 11.4. The lowest BCUT2D eigenvalue weighted by atomic mass is 10.2. The fraction of sp³-hybridized carbons (Fsp3) is 0.615. The maximum atomic E-state index is 11.4. The highest BCUT2D eigenvalue weighted by Crippen LogP contribution is 2.17. The van der Waals surface area contributed by atoms with Gasteiger partial charge in [-0.05, 0) is 33.4 Å². The van der Waals surface area contributed by atoms with Gasteiger partial charge in [-0.3, -0.25) is 4.90 Å². The molecular formula is C13H21NO4. The number of methoxy groups -OCH3 is 1. The van der Waals surface area contributed by atoms with Crippen LogP contribution in [0, 0.1) is 6.92 Å². The van der Waals surface area contributed by atoms with Crippen LogP contribution in [0.5, 0.6) is 0 Å². The van der Waals surface area contributed by atoms with Crippen molar-refractivity contribution < 1.29 is 19.1 Å². The molecule has 0 saturated carbocycles. The topological polar surface area (TPSA) is 62.9 Å². The third kappa shape index (κ3) is 4.16. The van der Waals surface area contributed by atoms with Crippen LogP contribution in [-0.4, -0.2) is 42.8 Å². The normalized spacial score (nSPS) is 12.8. The van der Waals surface area contributed by atoms with Crippen molar-refractivity contribution in [1.82, 2.24) is 4.90 Å². The van der Waals surface area contributed by atoms with Crippen LogP contribution in [0.25, 0.3) is 0 Å². The lowest BCUT2D eigenvalue weighted by Crippen LogP contribution is -2.21. The fourth-order valence-electron chi connectivity index (χ4n) is 1.69. The summed E-state index contributed by atoms with van der Waals surface area (Å²) in [6.07, 6.45) is 0.400. The van der Waals surface area contributed by atoms with Gasteiger partial charge in [0.1, 0.15) is 17.1 Å². The number of carbonyl (C=O) groups excluding carboxylic acids is 1. The minimum absolute atomic E-state index is 0.309. The van der Waals surface area contributed by atoms with E-state index in [1.807, 2.05) is 11.9 Å². The molecule has 1 heterocycles. The van der Waals surface area contributed by atoms with Gasteiger partial charge in [0.25, 0.3) is 0 Å². The molecule has 1 aromatic rings. The monoisotopic (exact) mass is 255 g/mol. The van der Waals surface area contributed by atoms with Crippen LogP contribution in [0.3, 0.4) is 0 Å². The van der Waals surface area contributed by atoms with E-state index in [4.69, 9.17) is 4.42 Å². The Morgan fingerprint density at radius 1 is 1.61 bits per heavy atom. The van der Waals surface area contributed by atoms with E-state index in [9.17, 15) is 9.90 Å². The number of aryl methyl sites for hydroxylation is 1. The van der Waals surface area contributed by atoms with Gasteiger partial charge in [-0.2, -0.15) is 0 Å². The lowest BCUT2D eigenvalue weighted by Gasteiger charge is -2.15. The summed E-state index contributed by atoms with van der Waals surface area (Å²) in [4.78, 5) is 13.5. The molecular weight excluding hydrogens is 234 g/mol. The number of aliphatic hydroxyl groups is 1. The van der Waals surface area contributed by atoms with Crippen LogP contribution >= 0.6 is 0 Å². The first-order valence-electron chi connectivity index (χ1n) is 5.98. The van der Waals surface area contributed by atoms with E-state index in [-0.39, 0.29) is 12.1 Å². The van der Waals surface area contributed by atoms with Crippen molar-refractivity contribution in [3.63, 3.8) is 0 Å². The number of esters is 1. The second-order valence-corrected chi connectivity index (χ2v) is 4.55. The highest BCUT2D eigenvalue weighted by Gasteiger charge is 2.16. The first kappa shape index (κ1) is 14.7. The second-order valence-electron chi connectivity index (χ2n) is 4.55. The molecule has 1 unspecified atom stereocenters. The van der Waals surface area contributed by atoms with Gasteiger partial charge in [0.05, 0.1) is 19.8 Å². The fourth-order valence-corrected chi connectivity index (χ4v) is 1.69. The highest BCUT2D eigenvalue weighted by molar-refractivity contribution is 5.90. The zero-order chi connectivity index (χ0) is 13.7. The first-order chi connectivity index (χ1) is 8.43. The van der Waals surface area contributed by atoms with Crippen LogP contribution in [0.2, 0.25) is 0 Å². The van der Waals surface area contributed by atoms with Gasteiger partial charge in [-0.1, -0.05) is 0 Å². The predicted molar refractivity (Wildman–Crippen MR) is 67.4 cm³/mol. The van der Waals surface area contributed by atoms with Crippen LogP contribution in [0.15, 0.2) is 10.5 Å².